The lowest BCUT2D eigenvalue weighted by Crippen LogP contribution is -2.16. The summed E-state index contributed by atoms with van der Waals surface area (Å²) in [6, 6.07) is 28.4. The zero-order valence-electron chi connectivity index (χ0n) is 37.0. The van der Waals surface area contributed by atoms with Crippen LogP contribution in [0.25, 0.3) is 32.7 Å². The summed E-state index contributed by atoms with van der Waals surface area (Å²) in [6.07, 6.45) is 3.79. The van der Waals surface area contributed by atoms with Crippen molar-refractivity contribution in [2.45, 2.75) is 157 Å². The molecule has 3 aromatic heterocycles. The summed E-state index contributed by atoms with van der Waals surface area (Å²) in [5, 5.41) is 3.81. The molecule has 0 radical (unpaired) electrons. The van der Waals surface area contributed by atoms with Crippen LogP contribution < -0.4 is 0 Å². The molecule has 0 bridgehead atoms. The van der Waals surface area contributed by atoms with Crippen molar-refractivity contribution in [3.63, 3.8) is 0 Å². The third-order valence-electron chi connectivity index (χ3n) is 10.1. The van der Waals surface area contributed by atoms with Crippen molar-refractivity contribution in [1.82, 2.24) is 15.0 Å². The number of benzene rings is 3. The minimum Gasteiger partial charge on any atom is -0.256 e. The van der Waals surface area contributed by atoms with E-state index < -0.39 is 0 Å². The zero-order valence-corrected chi connectivity index (χ0v) is 37.0. The van der Waals surface area contributed by atoms with Gasteiger partial charge in [0.1, 0.15) is 0 Å². The van der Waals surface area contributed by atoms with E-state index in [0.29, 0.717) is 0 Å². The summed E-state index contributed by atoms with van der Waals surface area (Å²) in [5.41, 5.74) is 12.2. The molecular formula is C51H69N3. The van der Waals surface area contributed by atoms with E-state index in [1.165, 1.54) is 44.0 Å². The fourth-order valence-corrected chi connectivity index (χ4v) is 6.87. The van der Waals surface area contributed by atoms with Gasteiger partial charge in [-0.2, -0.15) is 0 Å². The van der Waals surface area contributed by atoms with Crippen LogP contribution in [0.3, 0.4) is 0 Å². The Morgan fingerprint density at radius 2 is 0.778 bits per heavy atom. The molecule has 6 aromatic rings. The van der Waals surface area contributed by atoms with Gasteiger partial charge >= 0.3 is 0 Å². The molecule has 54 heavy (non-hydrogen) atoms. The normalized spacial score (nSPS) is 13.0. The van der Waals surface area contributed by atoms with Gasteiger partial charge in [-0.25, -0.2) is 0 Å². The van der Waals surface area contributed by atoms with Crippen molar-refractivity contribution >= 4 is 32.7 Å². The lowest BCUT2D eigenvalue weighted by atomic mass is 9.79. The molecule has 288 valence electrons. The first kappa shape index (κ1) is 42.6. The minimum absolute atomic E-state index is 0.108. The van der Waals surface area contributed by atoms with Crippen LogP contribution >= 0.6 is 0 Å². The smallest absolute Gasteiger partial charge is 0.0742 e. The monoisotopic (exact) mass is 724 g/mol. The topological polar surface area (TPSA) is 38.7 Å². The second-order valence-corrected chi connectivity index (χ2v) is 21.2. The second-order valence-electron chi connectivity index (χ2n) is 21.2. The van der Waals surface area contributed by atoms with Gasteiger partial charge in [0.25, 0.3) is 0 Å². The van der Waals surface area contributed by atoms with Gasteiger partial charge in [-0.15, -0.1) is 0 Å². The van der Waals surface area contributed by atoms with Crippen molar-refractivity contribution in [2.24, 2.45) is 0 Å². The van der Waals surface area contributed by atoms with Gasteiger partial charge in [0.05, 0.1) is 16.6 Å². The molecule has 0 saturated heterocycles. The molecule has 6 rings (SSSR count). The number of hydrogen-bond acceptors (Lipinski definition) is 3. The molecule has 0 saturated carbocycles. The van der Waals surface area contributed by atoms with Crippen LogP contribution in [0.5, 0.6) is 0 Å². The van der Waals surface area contributed by atoms with Crippen LogP contribution in [0.4, 0.5) is 0 Å². The molecule has 0 atom stereocenters. The van der Waals surface area contributed by atoms with E-state index in [4.69, 9.17) is 4.98 Å². The first-order chi connectivity index (χ1) is 24.6. The average Bonchev–Trinajstić information content (AvgIpc) is 3.04. The lowest BCUT2D eigenvalue weighted by molar-refractivity contribution is 0.571. The van der Waals surface area contributed by atoms with Gasteiger partial charge in [-0.3, -0.25) is 15.0 Å². The van der Waals surface area contributed by atoms with Gasteiger partial charge in [-0.05, 0) is 85.2 Å². The molecule has 0 unspecified atom stereocenters. The molecular weight excluding hydrogens is 655 g/mol. The van der Waals surface area contributed by atoms with E-state index in [1.54, 1.807) is 0 Å². The molecule has 0 aliphatic rings. The highest BCUT2D eigenvalue weighted by Crippen LogP contribution is 2.37. The molecule has 0 aliphatic heterocycles. The Morgan fingerprint density at radius 3 is 1.15 bits per heavy atom. The van der Waals surface area contributed by atoms with Crippen LogP contribution in [-0.2, 0) is 32.5 Å². The molecule has 3 nitrogen and oxygen atoms in total. The highest BCUT2D eigenvalue weighted by Gasteiger charge is 2.24. The van der Waals surface area contributed by atoms with Gasteiger partial charge in [0.2, 0.25) is 0 Å². The Morgan fingerprint density at radius 1 is 0.370 bits per heavy atom. The Hall–Kier alpha value is -4.11. The first-order valence-electron chi connectivity index (χ1n) is 19.8. The fraction of sp³-hybridized carbons (Fsp3) is 0.471. The van der Waals surface area contributed by atoms with E-state index in [2.05, 4.69) is 201 Å². The summed E-state index contributed by atoms with van der Waals surface area (Å²) in [6.45, 7) is 40.3. The third kappa shape index (κ3) is 10.1. The number of hydrogen-bond donors (Lipinski definition) is 0. The SMILES string of the molecule is CC(C)(C)c1ccc(C(C)(C)C)c2ncccc12.CC(C)(C)c1ccc(C(C)(C)C)c2ncccc12.CC(C)(C)c1ccc2nc(C(C)(C)C)ccc2c1. The summed E-state index contributed by atoms with van der Waals surface area (Å²) >= 11 is 0. The van der Waals surface area contributed by atoms with Crippen LogP contribution in [-0.4, -0.2) is 15.0 Å². The van der Waals surface area contributed by atoms with Crippen LogP contribution in [0.15, 0.2) is 91.3 Å². The third-order valence-corrected chi connectivity index (χ3v) is 10.1. The number of aromatic nitrogens is 3. The minimum atomic E-state index is 0.108. The van der Waals surface area contributed by atoms with Gasteiger partial charge in [0.15, 0.2) is 0 Å². The van der Waals surface area contributed by atoms with Crippen LogP contribution in [0, 0.1) is 0 Å². The van der Waals surface area contributed by atoms with E-state index in [0.717, 1.165) is 22.2 Å². The molecule has 3 aromatic carbocycles. The Labute approximate surface area is 328 Å². The van der Waals surface area contributed by atoms with Gasteiger partial charge < -0.3 is 0 Å². The molecule has 0 N–H and O–H groups in total. The lowest BCUT2D eigenvalue weighted by Gasteiger charge is -2.26. The molecule has 0 fully saturated rings. The predicted molar refractivity (Wildman–Crippen MR) is 237 cm³/mol. The summed E-state index contributed by atoms with van der Waals surface area (Å²) in [5.74, 6) is 0. The first-order valence-corrected chi connectivity index (χ1v) is 19.8. The van der Waals surface area contributed by atoms with Crippen molar-refractivity contribution in [2.75, 3.05) is 0 Å². The van der Waals surface area contributed by atoms with E-state index in [9.17, 15) is 0 Å². The number of rotatable bonds is 0. The van der Waals surface area contributed by atoms with E-state index >= 15 is 0 Å². The zero-order chi connectivity index (χ0) is 40.7. The maximum Gasteiger partial charge on any atom is 0.0742 e. The van der Waals surface area contributed by atoms with E-state index in [1.807, 2.05) is 24.5 Å². The average molecular weight is 724 g/mol. The van der Waals surface area contributed by atoms with Crippen molar-refractivity contribution < 1.29 is 0 Å². The molecule has 3 heterocycles. The summed E-state index contributed by atoms with van der Waals surface area (Å²) in [7, 11) is 0. The Balaban J connectivity index is 0.000000180. The summed E-state index contributed by atoms with van der Waals surface area (Å²) < 4.78 is 0. The Bertz CT molecular complexity index is 1950. The second kappa shape index (κ2) is 15.2. The fourth-order valence-electron chi connectivity index (χ4n) is 6.87. The highest BCUT2D eigenvalue weighted by molar-refractivity contribution is 5.88. The number of pyridine rings is 3. The quantitative estimate of drug-likeness (QED) is 0.157. The maximum absolute atomic E-state index is 4.77. The number of nitrogens with zero attached hydrogens (tertiary/aromatic N) is 3. The molecule has 0 amide bonds. The predicted octanol–water partition coefficient (Wildman–Crippen LogP) is 14.5. The summed E-state index contributed by atoms with van der Waals surface area (Å²) in [4.78, 5) is 14.0. The van der Waals surface area contributed by atoms with Crippen molar-refractivity contribution in [3.05, 3.63) is 125 Å². The molecule has 3 heteroatoms. The standard InChI is InChI=1S/3C17H23N/c1-16(2,3)13-8-9-14-12(11-13)7-10-15(18-14)17(4,5)6;2*1-16(2,3)13-9-10-14(17(4,5)6)15-12(13)8-7-11-18-15/h3*7-11H,1-6H3. The molecule has 0 aliphatic carbocycles. The van der Waals surface area contributed by atoms with Crippen molar-refractivity contribution in [3.8, 4) is 0 Å². The Kier molecular flexibility index (Phi) is 12.0. The number of fused-ring (bicyclic) bond motifs is 3. The van der Waals surface area contributed by atoms with Gasteiger partial charge in [-0.1, -0.05) is 173 Å². The van der Waals surface area contributed by atoms with Crippen LogP contribution in [0.1, 0.15) is 158 Å². The van der Waals surface area contributed by atoms with Crippen LogP contribution in [0.2, 0.25) is 0 Å². The molecule has 0 spiro atoms. The largest absolute Gasteiger partial charge is 0.256 e. The van der Waals surface area contributed by atoms with Crippen molar-refractivity contribution in [1.29, 1.82) is 0 Å². The highest BCUT2D eigenvalue weighted by atomic mass is 14.7. The van der Waals surface area contributed by atoms with Gasteiger partial charge in [0, 0.05) is 39.7 Å². The van der Waals surface area contributed by atoms with E-state index in [-0.39, 0.29) is 32.5 Å². The maximum atomic E-state index is 4.77.